The van der Waals surface area contributed by atoms with E-state index in [1.807, 2.05) is 0 Å². The Labute approximate surface area is 145 Å². The molecule has 2 rings (SSSR count). The molecule has 0 aliphatic heterocycles. The number of nitro benzene ring substituents is 2. The van der Waals surface area contributed by atoms with Gasteiger partial charge in [-0.3, -0.25) is 25.0 Å². The van der Waals surface area contributed by atoms with Crippen molar-refractivity contribution in [2.24, 2.45) is 0 Å². The van der Waals surface area contributed by atoms with Gasteiger partial charge in [0, 0.05) is 11.8 Å². The second-order valence-electron chi connectivity index (χ2n) is 4.89. The molecule has 134 valence electrons. The second kappa shape index (κ2) is 7.70. The van der Waals surface area contributed by atoms with E-state index in [1.165, 1.54) is 24.3 Å². The lowest BCUT2D eigenvalue weighted by molar-refractivity contribution is -0.394. The molecule has 0 atom stereocenters. The van der Waals surface area contributed by atoms with Gasteiger partial charge < -0.3 is 15.2 Å². The zero-order chi connectivity index (χ0) is 19.3. The Morgan fingerprint density at radius 3 is 2.23 bits per heavy atom. The molecule has 0 unspecified atom stereocenters. The van der Waals surface area contributed by atoms with Crippen molar-refractivity contribution in [3.63, 3.8) is 0 Å². The number of hydrogen-bond donors (Lipinski definition) is 2. The first kappa shape index (κ1) is 18.3. The summed E-state index contributed by atoms with van der Waals surface area (Å²) in [6, 6.07) is 8.11. The molecule has 0 aromatic heterocycles. The van der Waals surface area contributed by atoms with E-state index in [0.717, 1.165) is 18.2 Å². The lowest BCUT2D eigenvalue weighted by Gasteiger charge is -2.08. The van der Waals surface area contributed by atoms with E-state index in [-0.39, 0.29) is 11.3 Å². The molecule has 0 saturated heterocycles. The van der Waals surface area contributed by atoms with E-state index in [1.54, 1.807) is 0 Å². The first-order valence-electron chi connectivity index (χ1n) is 6.97. The summed E-state index contributed by atoms with van der Waals surface area (Å²) in [6.07, 6.45) is 0. The van der Waals surface area contributed by atoms with Gasteiger partial charge in [-0.05, 0) is 30.3 Å². The summed E-state index contributed by atoms with van der Waals surface area (Å²) in [4.78, 5) is 42.6. The highest BCUT2D eigenvalue weighted by Gasteiger charge is 2.21. The summed E-state index contributed by atoms with van der Waals surface area (Å²) in [5.41, 5.74) is -0.771. The maximum atomic E-state index is 11.8. The van der Waals surface area contributed by atoms with Crippen LogP contribution >= 0.6 is 0 Å². The third kappa shape index (κ3) is 4.50. The van der Waals surface area contributed by atoms with Gasteiger partial charge >= 0.3 is 11.7 Å². The SMILES string of the molecule is O=C(COc1ccc([N+](=O)[O-])cc1[N+](=O)[O-])Nc1ccc(C(=O)O)cc1. The van der Waals surface area contributed by atoms with Crippen LogP contribution in [0.3, 0.4) is 0 Å². The van der Waals surface area contributed by atoms with Crippen molar-refractivity contribution in [3.05, 3.63) is 68.3 Å². The molecule has 2 aromatic carbocycles. The molecule has 11 nitrogen and oxygen atoms in total. The average molecular weight is 361 g/mol. The number of nitro groups is 2. The van der Waals surface area contributed by atoms with Gasteiger partial charge in [-0.25, -0.2) is 4.79 Å². The number of carbonyl (C=O) groups is 2. The number of benzene rings is 2. The molecule has 0 spiro atoms. The Kier molecular flexibility index (Phi) is 5.43. The maximum Gasteiger partial charge on any atom is 0.335 e. The highest BCUT2D eigenvalue weighted by atomic mass is 16.6. The summed E-state index contributed by atoms with van der Waals surface area (Å²) < 4.78 is 5.06. The van der Waals surface area contributed by atoms with Gasteiger partial charge in [-0.1, -0.05) is 0 Å². The smallest absolute Gasteiger partial charge is 0.335 e. The predicted molar refractivity (Wildman–Crippen MR) is 87.3 cm³/mol. The third-order valence-electron chi connectivity index (χ3n) is 3.12. The van der Waals surface area contributed by atoms with Crippen LogP contribution in [0.5, 0.6) is 5.75 Å². The van der Waals surface area contributed by atoms with Gasteiger partial charge in [-0.15, -0.1) is 0 Å². The van der Waals surface area contributed by atoms with Crippen LogP contribution in [0.25, 0.3) is 0 Å². The van der Waals surface area contributed by atoms with Gasteiger partial charge in [0.15, 0.2) is 12.4 Å². The van der Waals surface area contributed by atoms with E-state index in [0.29, 0.717) is 5.69 Å². The molecule has 0 heterocycles. The Morgan fingerprint density at radius 1 is 1.04 bits per heavy atom. The molecule has 1 amide bonds. The Morgan fingerprint density at radius 2 is 1.69 bits per heavy atom. The number of aromatic carboxylic acids is 1. The number of non-ortho nitro benzene ring substituents is 1. The first-order valence-corrected chi connectivity index (χ1v) is 6.97. The second-order valence-corrected chi connectivity index (χ2v) is 4.89. The average Bonchev–Trinajstić information content (AvgIpc) is 2.60. The quantitative estimate of drug-likeness (QED) is 0.560. The number of nitrogens with one attached hydrogen (secondary N) is 1. The van der Waals surface area contributed by atoms with Crippen LogP contribution in [0.15, 0.2) is 42.5 Å². The van der Waals surface area contributed by atoms with Gasteiger partial charge in [-0.2, -0.15) is 0 Å². The summed E-state index contributed by atoms with van der Waals surface area (Å²) in [6.45, 7) is -0.584. The van der Waals surface area contributed by atoms with Crippen LogP contribution in [-0.2, 0) is 4.79 Å². The minimum Gasteiger partial charge on any atom is -0.478 e. The molecule has 0 radical (unpaired) electrons. The Bertz CT molecular complexity index is 879. The van der Waals surface area contributed by atoms with Crippen LogP contribution in [-0.4, -0.2) is 33.4 Å². The maximum absolute atomic E-state index is 11.8. The minimum absolute atomic E-state index is 0.0424. The van der Waals surface area contributed by atoms with Crippen molar-refractivity contribution in [1.82, 2.24) is 0 Å². The molecule has 11 heteroatoms. The van der Waals surface area contributed by atoms with Crippen molar-refractivity contribution in [3.8, 4) is 5.75 Å². The number of carbonyl (C=O) groups excluding carboxylic acids is 1. The Balaban J connectivity index is 2.03. The number of rotatable bonds is 7. The van der Waals surface area contributed by atoms with E-state index in [9.17, 15) is 29.8 Å². The number of carboxylic acids is 1. The zero-order valence-corrected chi connectivity index (χ0v) is 12.9. The third-order valence-corrected chi connectivity index (χ3v) is 3.12. The van der Waals surface area contributed by atoms with Crippen LogP contribution in [0.4, 0.5) is 17.1 Å². The van der Waals surface area contributed by atoms with E-state index >= 15 is 0 Å². The number of carboxylic acid groups (broad SMARTS) is 1. The van der Waals surface area contributed by atoms with Gasteiger partial charge in [0.05, 0.1) is 21.5 Å². The minimum atomic E-state index is -1.11. The van der Waals surface area contributed by atoms with Crippen LogP contribution < -0.4 is 10.1 Å². The van der Waals surface area contributed by atoms with Gasteiger partial charge in [0.1, 0.15) is 0 Å². The zero-order valence-electron chi connectivity index (χ0n) is 12.9. The molecule has 0 aliphatic rings. The molecule has 0 bridgehead atoms. The topological polar surface area (TPSA) is 162 Å². The van der Waals surface area contributed by atoms with Crippen LogP contribution in [0.2, 0.25) is 0 Å². The predicted octanol–water partition coefficient (Wildman–Crippen LogP) is 2.22. The molecule has 26 heavy (non-hydrogen) atoms. The molecule has 2 N–H and O–H groups in total. The Hall–Kier alpha value is -4.02. The number of amides is 1. The standard InChI is InChI=1S/C15H11N3O8/c19-14(16-10-3-1-9(2-4-10)15(20)21)8-26-13-6-5-11(17(22)23)7-12(13)18(24)25/h1-7H,8H2,(H,16,19)(H,20,21). The van der Waals surface area contributed by atoms with Crippen LogP contribution in [0.1, 0.15) is 10.4 Å². The van der Waals surface area contributed by atoms with E-state index in [2.05, 4.69) is 5.32 Å². The molecular weight excluding hydrogens is 350 g/mol. The molecule has 2 aromatic rings. The fourth-order valence-corrected chi connectivity index (χ4v) is 1.92. The van der Waals surface area contributed by atoms with Gasteiger partial charge in [0.2, 0.25) is 0 Å². The van der Waals surface area contributed by atoms with E-state index in [4.69, 9.17) is 9.84 Å². The normalized spacial score (nSPS) is 10.0. The van der Waals surface area contributed by atoms with E-state index < -0.39 is 39.7 Å². The van der Waals surface area contributed by atoms with Crippen LogP contribution in [0, 0.1) is 20.2 Å². The largest absolute Gasteiger partial charge is 0.478 e. The molecule has 0 aliphatic carbocycles. The molecular formula is C15H11N3O8. The first-order chi connectivity index (χ1) is 12.3. The van der Waals surface area contributed by atoms with Gasteiger partial charge in [0.25, 0.3) is 11.6 Å². The number of hydrogen-bond acceptors (Lipinski definition) is 7. The lowest BCUT2D eigenvalue weighted by Crippen LogP contribution is -2.20. The van der Waals surface area contributed by atoms with Crippen molar-refractivity contribution in [2.75, 3.05) is 11.9 Å². The molecule has 0 fully saturated rings. The lowest BCUT2D eigenvalue weighted by atomic mass is 10.2. The fraction of sp³-hybridized carbons (Fsp3) is 0.0667. The summed E-state index contributed by atoms with van der Waals surface area (Å²) in [5.74, 6) is -2.06. The monoisotopic (exact) mass is 361 g/mol. The van der Waals surface area contributed by atoms with Crippen molar-refractivity contribution >= 4 is 28.9 Å². The number of anilines is 1. The fourth-order valence-electron chi connectivity index (χ4n) is 1.92. The number of ether oxygens (including phenoxy) is 1. The van der Waals surface area contributed by atoms with Crippen molar-refractivity contribution in [2.45, 2.75) is 0 Å². The summed E-state index contributed by atoms with van der Waals surface area (Å²) >= 11 is 0. The molecule has 0 saturated carbocycles. The number of nitrogens with zero attached hydrogens (tertiary/aromatic N) is 2. The highest BCUT2D eigenvalue weighted by Crippen LogP contribution is 2.30. The highest BCUT2D eigenvalue weighted by molar-refractivity contribution is 5.93. The van der Waals surface area contributed by atoms with Crippen molar-refractivity contribution < 1.29 is 29.3 Å². The summed E-state index contributed by atoms with van der Waals surface area (Å²) in [5, 5.41) is 32.8. The van der Waals surface area contributed by atoms with Crippen molar-refractivity contribution in [1.29, 1.82) is 0 Å². The summed E-state index contributed by atoms with van der Waals surface area (Å²) in [7, 11) is 0.